The summed E-state index contributed by atoms with van der Waals surface area (Å²) >= 11 is 0. The van der Waals surface area contributed by atoms with Crippen LogP contribution in [0.2, 0.25) is 0 Å². The number of rotatable bonds is 5. The van der Waals surface area contributed by atoms with E-state index in [1.807, 2.05) is 24.3 Å². The molecule has 0 radical (unpaired) electrons. The molecule has 0 saturated carbocycles. The predicted molar refractivity (Wildman–Crippen MR) is 88.7 cm³/mol. The fourth-order valence-electron chi connectivity index (χ4n) is 2.12. The summed E-state index contributed by atoms with van der Waals surface area (Å²) in [7, 11) is -0.372. The van der Waals surface area contributed by atoms with Crippen LogP contribution in [0.4, 0.5) is 6.01 Å². The topological polar surface area (TPSA) is 75.4 Å². The normalized spacial score (nSPS) is 12.0. The summed E-state index contributed by atoms with van der Waals surface area (Å²) in [5.74, 6) is 0. The third kappa shape index (κ3) is 3.20. The lowest BCUT2D eigenvalue weighted by atomic mass is 10.2. The first-order valence-electron chi connectivity index (χ1n) is 7.08. The molecule has 1 heterocycles. The first kappa shape index (κ1) is 15.5. The lowest BCUT2D eigenvalue weighted by Crippen LogP contribution is -2.22. The summed E-state index contributed by atoms with van der Waals surface area (Å²) in [6.45, 7) is 0.495. The Kier molecular flexibility index (Phi) is 4.06. The smallest absolute Gasteiger partial charge is 0.295 e. The Morgan fingerprint density at radius 1 is 1.09 bits per heavy atom. The molecule has 0 aliphatic carbocycles. The Balaban J connectivity index is 1.71. The molecule has 0 spiro atoms. The van der Waals surface area contributed by atoms with E-state index in [2.05, 4.69) is 10.3 Å². The van der Waals surface area contributed by atoms with Crippen molar-refractivity contribution in [3.05, 3.63) is 54.1 Å². The van der Waals surface area contributed by atoms with Gasteiger partial charge in [0.2, 0.25) is 10.0 Å². The number of oxazole rings is 1. The van der Waals surface area contributed by atoms with Gasteiger partial charge in [-0.3, -0.25) is 0 Å². The molecule has 0 aliphatic rings. The van der Waals surface area contributed by atoms with Gasteiger partial charge < -0.3 is 9.73 Å². The zero-order chi connectivity index (χ0) is 16.4. The van der Waals surface area contributed by atoms with Crippen molar-refractivity contribution in [2.24, 2.45) is 0 Å². The van der Waals surface area contributed by atoms with E-state index in [0.717, 1.165) is 16.7 Å². The SMILES string of the molecule is CN(C)S(=O)(=O)c1ccc(CNc2nc3ccccc3o2)cc1. The number of sulfonamides is 1. The van der Waals surface area contributed by atoms with Gasteiger partial charge in [0.05, 0.1) is 4.90 Å². The van der Waals surface area contributed by atoms with Crippen molar-refractivity contribution < 1.29 is 12.8 Å². The second-order valence-corrected chi connectivity index (χ2v) is 7.42. The van der Waals surface area contributed by atoms with Crippen LogP contribution < -0.4 is 5.32 Å². The lowest BCUT2D eigenvalue weighted by molar-refractivity contribution is 0.520. The van der Waals surface area contributed by atoms with E-state index < -0.39 is 10.0 Å². The molecule has 0 saturated heterocycles. The minimum absolute atomic E-state index is 0.271. The van der Waals surface area contributed by atoms with Crippen molar-refractivity contribution in [3.8, 4) is 0 Å². The highest BCUT2D eigenvalue weighted by Crippen LogP contribution is 2.19. The molecular formula is C16H17N3O3S. The zero-order valence-electron chi connectivity index (χ0n) is 12.9. The molecule has 3 aromatic rings. The fraction of sp³-hybridized carbons (Fsp3) is 0.188. The van der Waals surface area contributed by atoms with Crippen LogP contribution in [0.1, 0.15) is 5.56 Å². The van der Waals surface area contributed by atoms with Gasteiger partial charge in [-0.2, -0.15) is 4.98 Å². The van der Waals surface area contributed by atoms with Crippen molar-refractivity contribution in [1.82, 2.24) is 9.29 Å². The van der Waals surface area contributed by atoms with Gasteiger partial charge in [0.1, 0.15) is 5.52 Å². The molecule has 0 amide bonds. The van der Waals surface area contributed by atoms with Crippen LogP contribution in [0.25, 0.3) is 11.1 Å². The highest BCUT2D eigenvalue weighted by molar-refractivity contribution is 7.89. The highest BCUT2D eigenvalue weighted by Gasteiger charge is 2.16. The van der Waals surface area contributed by atoms with Gasteiger partial charge in [-0.15, -0.1) is 0 Å². The number of hydrogen-bond donors (Lipinski definition) is 1. The molecule has 1 N–H and O–H groups in total. The highest BCUT2D eigenvalue weighted by atomic mass is 32.2. The molecule has 120 valence electrons. The Hall–Kier alpha value is -2.38. The van der Waals surface area contributed by atoms with Crippen LogP contribution in [-0.4, -0.2) is 31.8 Å². The van der Waals surface area contributed by atoms with E-state index in [4.69, 9.17) is 4.42 Å². The molecule has 2 aromatic carbocycles. The summed E-state index contributed by atoms with van der Waals surface area (Å²) in [4.78, 5) is 4.60. The third-order valence-corrected chi connectivity index (χ3v) is 5.27. The monoisotopic (exact) mass is 331 g/mol. The molecule has 6 nitrogen and oxygen atoms in total. The third-order valence-electron chi connectivity index (χ3n) is 3.44. The van der Waals surface area contributed by atoms with E-state index in [-0.39, 0.29) is 4.90 Å². The number of nitrogens with zero attached hydrogens (tertiary/aromatic N) is 2. The van der Waals surface area contributed by atoms with Crippen molar-refractivity contribution >= 4 is 27.1 Å². The van der Waals surface area contributed by atoms with E-state index >= 15 is 0 Å². The minimum atomic E-state index is -3.40. The number of aromatic nitrogens is 1. The minimum Gasteiger partial charge on any atom is -0.424 e. The number of benzene rings is 2. The zero-order valence-corrected chi connectivity index (χ0v) is 13.7. The van der Waals surface area contributed by atoms with Crippen molar-refractivity contribution in [2.75, 3.05) is 19.4 Å². The van der Waals surface area contributed by atoms with Gasteiger partial charge >= 0.3 is 0 Å². The lowest BCUT2D eigenvalue weighted by Gasteiger charge is -2.11. The largest absolute Gasteiger partial charge is 0.424 e. The van der Waals surface area contributed by atoms with Crippen LogP contribution in [-0.2, 0) is 16.6 Å². The van der Waals surface area contributed by atoms with Gasteiger partial charge in [-0.05, 0) is 29.8 Å². The molecule has 23 heavy (non-hydrogen) atoms. The first-order valence-corrected chi connectivity index (χ1v) is 8.52. The summed E-state index contributed by atoms with van der Waals surface area (Å²) in [6, 6.07) is 14.7. The van der Waals surface area contributed by atoms with E-state index in [0.29, 0.717) is 12.6 Å². The molecule has 0 fully saturated rings. The van der Waals surface area contributed by atoms with Gasteiger partial charge in [0.15, 0.2) is 5.58 Å². The Morgan fingerprint density at radius 2 is 1.78 bits per heavy atom. The maximum absolute atomic E-state index is 12.0. The quantitative estimate of drug-likeness (QED) is 0.778. The molecule has 7 heteroatoms. The summed E-state index contributed by atoms with van der Waals surface area (Å²) in [6.07, 6.45) is 0. The second kappa shape index (κ2) is 6.02. The number of fused-ring (bicyclic) bond motifs is 1. The molecule has 1 aromatic heterocycles. The summed E-state index contributed by atoms with van der Waals surface area (Å²) in [5, 5.41) is 3.09. The predicted octanol–water partition coefficient (Wildman–Crippen LogP) is 2.69. The van der Waals surface area contributed by atoms with Gasteiger partial charge in [0.25, 0.3) is 6.01 Å². The van der Waals surface area contributed by atoms with Gasteiger partial charge in [-0.1, -0.05) is 24.3 Å². The first-order chi connectivity index (χ1) is 11.0. The van der Waals surface area contributed by atoms with Crippen LogP contribution >= 0.6 is 0 Å². The number of nitrogens with one attached hydrogen (secondary N) is 1. The van der Waals surface area contributed by atoms with E-state index in [1.54, 1.807) is 24.3 Å². The standard InChI is InChI=1S/C16H17N3O3S/c1-19(2)23(20,21)13-9-7-12(8-10-13)11-17-16-18-14-5-3-4-6-15(14)22-16/h3-10H,11H2,1-2H3,(H,17,18). The van der Waals surface area contributed by atoms with E-state index in [1.165, 1.54) is 18.4 Å². The van der Waals surface area contributed by atoms with Crippen molar-refractivity contribution in [3.63, 3.8) is 0 Å². The molecule has 0 aliphatic heterocycles. The second-order valence-electron chi connectivity index (χ2n) is 5.27. The molecule has 0 bridgehead atoms. The molecule has 3 rings (SSSR count). The number of hydrogen-bond acceptors (Lipinski definition) is 5. The molecule has 0 unspecified atom stereocenters. The van der Waals surface area contributed by atoms with Crippen LogP contribution in [0.5, 0.6) is 0 Å². The van der Waals surface area contributed by atoms with Crippen LogP contribution in [0, 0.1) is 0 Å². The summed E-state index contributed by atoms with van der Waals surface area (Å²) < 4.78 is 30.8. The average Bonchev–Trinajstić information content (AvgIpc) is 2.96. The van der Waals surface area contributed by atoms with Gasteiger partial charge in [0, 0.05) is 20.6 Å². The van der Waals surface area contributed by atoms with Gasteiger partial charge in [-0.25, -0.2) is 12.7 Å². The van der Waals surface area contributed by atoms with E-state index in [9.17, 15) is 8.42 Å². The van der Waals surface area contributed by atoms with Crippen molar-refractivity contribution in [1.29, 1.82) is 0 Å². The maximum atomic E-state index is 12.0. The molecule has 0 atom stereocenters. The maximum Gasteiger partial charge on any atom is 0.295 e. The van der Waals surface area contributed by atoms with Crippen LogP contribution in [0.15, 0.2) is 57.8 Å². The molecular weight excluding hydrogens is 314 g/mol. The summed E-state index contributed by atoms with van der Waals surface area (Å²) in [5.41, 5.74) is 2.45. The fourth-order valence-corrected chi connectivity index (χ4v) is 3.02. The number of anilines is 1. The Bertz CT molecular complexity index is 882. The average molecular weight is 331 g/mol. The van der Waals surface area contributed by atoms with Crippen LogP contribution in [0.3, 0.4) is 0 Å². The van der Waals surface area contributed by atoms with Crippen molar-refractivity contribution in [2.45, 2.75) is 11.4 Å². The Labute approximate surface area is 134 Å². The number of para-hydroxylation sites is 2. The Morgan fingerprint density at radius 3 is 2.43 bits per heavy atom.